The van der Waals surface area contributed by atoms with Crippen LogP contribution in [0, 0.1) is 11.8 Å². The molecule has 118 valence electrons. The molecule has 0 aromatic carbocycles. The Morgan fingerprint density at radius 2 is 1.71 bits per heavy atom. The van der Waals surface area contributed by atoms with Gasteiger partial charge < -0.3 is 14.7 Å². The number of ether oxygens (including phenoxy) is 1. The van der Waals surface area contributed by atoms with Gasteiger partial charge in [0, 0.05) is 32.2 Å². The summed E-state index contributed by atoms with van der Waals surface area (Å²) >= 11 is 0. The molecule has 2 saturated heterocycles. The molecular weight excluding hydrogens is 272 g/mol. The number of carboxylic acids is 1. The first-order chi connectivity index (χ1) is 10.2. The summed E-state index contributed by atoms with van der Waals surface area (Å²) < 4.78 is 5.37. The van der Waals surface area contributed by atoms with Gasteiger partial charge in [-0.25, -0.2) is 0 Å². The van der Waals surface area contributed by atoms with Crippen LogP contribution in [0.2, 0.25) is 0 Å². The molecule has 6 heteroatoms. The lowest BCUT2D eigenvalue weighted by Gasteiger charge is -2.32. The van der Waals surface area contributed by atoms with Crippen LogP contribution in [0.5, 0.6) is 0 Å². The van der Waals surface area contributed by atoms with E-state index in [1.807, 2.05) is 4.90 Å². The maximum absolute atomic E-state index is 12.6. The van der Waals surface area contributed by atoms with Crippen LogP contribution in [0.15, 0.2) is 0 Å². The maximum Gasteiger partial charge on any atom is 0.307 e. The van der Waals surface area contributed by atoms with Crippen molar-refractivity contribution in [2.45, 2.75) is 31.7 Å². The monoisotopic (exact) mass is 296 g/mol. The van der Waals surface area contributed by atoms with Crippen LogP contribution in [-0.4, -0.2) is 72.2 Å². The van der Waals surface area contributed by atoms with Gasteiger partial charge in [0.05, 0.1) is 25.0 Å². The molecule has 1 unspecified atom stereocenters. The summed E-state index contributed by atoms with van der Waals surface area (Å²) in [5.41, 5.74) is 0. The van der Waals surface area contributed by atoms with Gasteiger partial charge in [0.25, 0.3) is 0 Å². The standard InChI is InChI=1S/C15H24N2O4/c18-14(12-2-1-3-13(12)15(19)20)17-5-4-11(10-17)16-6-8-21-9-7-16/h11-13H,1-10H2,(H,19,20)/t11?,12-,13+/m1/s1. The van der Waals surface area contributed by atoms with E-state index in [0.29, 0.717) is 12.5 Å². The summed E-state index contributed by atoms with van der Waals surface area (Å²) in [6, 6.07) is 0.419. The first kappa shape index (κ1) is 14.8. The largest absolute Gasteiger partial charge is 0.481 e. The molecule has 2 aliphatic heterocycles. The van der Waals surface area contributed by atoms with Crippen LogP contribution in [-0.2, 0) is 14.3 Å². The number of hydrogen-bond acceptors (Lipinski definition) is 4. The van der Waals surface area contributed by atoms with Crippen molar-refractivity contribution in [3.05, 3.63) is 0 Å². The third-order valence-electron chi connectivity index (χ3n) is 5.19. The zero-order chi connectivity index (χ0) is 14.8. The number of carboxylic acid groups (broad SMARTS) is 1. The summed E-state index contributed by atoms with van der Waals surface area (Å²) in [5.74, 6) is -1.52. The number of carbonyl (C=O) groups excluding carboxylic acids is 1. The van der Waals surface area contributed by atoms with Crippen LogP contribution in [0.3, 0.4) is 0 Å². The molecule has 3 fully saturated rings. The number of aliphatic carboxylic acids is 1. The molecule has 0 spiro atoms. The third-order valence-corrected chi connectivity index (χ3v) is 5.19. The van der Waals surface area contributed by atoms with E-state index in [1.165, 1.54) is 0 Å². The normalized spacial score (nSPS) is 34.3. The second-order valence-electron chi connectivity index (χ2n) is 6.36. The fraction of sp³-hybridized carbons (Fsp3) is 0.867. The second-order valence-corrected chi connectivity index (χ2v) is 6.36. The Labute approximate surface area is 125 Å². The Morgan fingerprint density at radius 3 is 2.43 bits per heavy atom. The van der Waals surface area contributed by atoms with E-state index < -0.39 is 11.9 Å². The summed E-state index contributed by atoms with van der Waals surface area (Å²) in [5, 5.41) is 9.24. The Kier molecular flexibility index (Phi) is 4.45. The number of nitrogens with zero attached hydrogens (tertiary/aromatic N) is 2. The van der Waals surface area contributed by atoms with Crippen LogP contribution < -0.4 is 0 Å². The molecule has 0 bridgehead atoms. The lowest BCUT2D eigenvalue weighted by atomic mass is 9.95. The van der Waals surface area contributed by atoms with Gasteiger partial charge >= 0.3 is 5.97 Å². The number of hydrogen-bond donors (Lipinski definition) is 1. The maximum atomic E-state index is 12.6. The van der Waals surface area contributed by atoms with E-state index in [2.05, 4.69) is 4.90 Å². The minimum absolute atomic E-state index is 0.0654. The van der Waals surface area contributed by atoms with E-state index in [1.54, 1.807) is 0 Å². The average Bonchev–Trinajstić information content (AvgIpc) is 3.17. The molecule has 1 amide bonds. The fourth-order valence-electron chi connectivity index (χ4n) is 3.97. The van der Waals surface area contributed by atoms with E-state index >= 15 is 0 Å². The van der Waals surface area contributed by atoms with Crippen molar-refractivity contribution < 1.29 is 19.4 Å². The van der Waals surface area contributed by atoms with Crippen molar-refractivity contribution in [3.63, 3.8) is 0 Å². The van der Waals surface area contributed by atoms with Crippen molar-refractivity contribution >= 4 is 11.9 Å². The highest BCUT2D eigenvalue weighted by Crippen LogP contribution is 2.34. The lowest BCUT2D eigenvalue weighted by molar-refractivity contribution is -0.148. The number of carbonyl (C=O) groups is 2. The van der Waals surface area contributed by atoms with Gasteiger partial charge in [-0.1, -0.05) is 6.42 Å². The number of rotatable bonds is 3. The summed E-state index contributed by atoms with van der Waals surface area (Å²) in [4.78, 5) is 28.2. The van der Waals surface area contributed by atoms with Crippen LogP contribution in [0.25, 0.3) is 0 Å². The quantitative estimate of drug-likeness (QED) is 0.817. The molecule has 3 atom stereocenters. The number of likely N-dealkylation sites (tertiary alicyclic amines) is 1. The van der Waals surface area contributed by atoms with Gasteiger partial charge in [-0.15, -0.1) is 0 Å². The lowest BCUT2D eigenvalue weighted by Crippen LogP contribution is -2.46. The van der Waals surface area contributed by atoms with Gasteiger partial charge in [-0.2, -0.15) is 0 Å². The molecule has 21 heavy (non-hydrogen) atoms. The molecule has 1 aliphatic carbocycles. The highest BCUT2D eigenvalue weighted by molar-refractivity contribution is 5.85. The predicted octanol–water partition coefficient (Wildman–Crippen LogP) is 0.420. The summed E-state index contributed by atoms with van der Waals surface area (Å²) in [6.45, 7) is 4.94. The van der Waals surface area contributed by atoms with E-state index in [4.69, 9.17) is 4.74 Å². The first-order valence-corrected chi connectivity index (χ1v) is 8.00. The highest BCUT2D eigenvalue weighted by atomic mass is 16.5. The fourth-order valence-corrected chi connectivity index (χ4v) is 3.97. The van der Waals surface area contributed by atoms with Crippen LogP contribution in [0.4, 0.5) is 0 Å². The van der Waals surface area contributed by atoms with Gasteiger partial charge in [0.15, 0.2) is 0 Å². The molecule has 0 aromatic heterocycles. The van der Waals surface area contributed by atoms with Gasteiger partial charge in [-0.3, -0.25) is 14.5 Å². The van der Waals surface area contributed by atoms with Crippen molar-refractivity contribution in [1.82, 2.24) is 9.80 Å². The molecule has 3 aliphatic rings. The summed E-state index contributed by atoms with van der Waals surface area (Å²) in [6.07, 6.45) is 3.23. The van der Waals surface area contributed by atoms with E-state index in [0.717, 1.165) is 58.7 Å². The topological polar surface area (TPSA) is 70.1 Å². The molecule has 3 rings (SSSR count). The summed E-state index contributed by atoms with van der Waals surface area (Å²) in [7, 11) is 0. The van der Waals surface area contributed by atoms with Crippen LogP contribution in [0.1, 0.15) is 25.7 Å². The van der Waals surface area contributed by atoms with Gasteiger partial charge in [0.2, 0.25) is 5.91 Å². The Hall–Kier alpha value is -1.14. The minimum atomic E-state index is -0.810. The number of amides is 1. The molecule has 2 heterocycles. The predicted molar refractivity (Wildman–Crippen MR) is 75.8 cm³/mol. The molecule has 1 saturated carbocycles. The SMILES string of the molecule is O=C(O)[C@H]1CCC[C@H]1C(=O)N1CCC(N2CCOCC2)C1. The van der Waals surface area contributed by atoms with Crippen molar-refractivity contribution in [1.29, 1.82) is 0 Å². The van der Waals surface area contributed by atoms with Crippen molar-refractivity contribution in [2.75, 3.05) is 39.4 Å². The molecule has 0 radical (unpaired) electrons. The Bertz CT molecular complexity index is 408. The van der Waals surface area contributed by atoms with Crippen LogP contribution >= 0.6 is 0 Å². The van der Waals surface area contributed by atoms with E-state index in [9.17, 15) is 14.7 Å². The first-order valence-electron chi connectivity index (χ1n) is 8.00. The zero-order valence-electron chi connectivity index (χ0n) is 12.4. The molecule has 6 nitrogen and oxygen atoms in total. The zero-order valence-corrected chi connectivity index (χ0v) is 12.4. The van der Waals surface area contributed by atoms with Gasteiger partial charge in [0.1, 0.15) is 0 Å². The van der Waals surface area contributed by atoms with Gasteiger partial charge in [-0.05, 0) is 19.3 Å². The molecule has 1 N–H and O–H groups in total. The smallest absolute Gasteiger partial charge is 0.307 e. The highest BCUT2D eigenvalue weighted by Gasteiger charge is 2.41. The van der Waals surface area contributed by atoms with Crippen molar-refractivity contribution in [2.24, 2.45) is 11.8 Å². The third kappa shape index (κ3) is 3.06. The number of morpholine rings is 1. The molecular formula is C15H24N2O4. The van der Waals surface area contributed by atoms with Crippen molar-refractivity contribution in [3.8, 4) is 0 Å². The minimum Gasteiger partial charge on any atom is -0.481 e. The average molecular weight is 296 g/mol. The van der Waals surface area contributed by atoms with E-state index in [-0.39, 0.29) is 11.8 Å². The Balaban J connectivity index is 1.57. The second kappa shape index (κ2) is 6.32. The molecule has 0 aromatic rings. The Morgan fingerprint density at radius 1 is 1.00 bits per heavy atom.